The van der Waals surface area contributed by atoms with Gasteiger partial charge in [-0.3, -0.25) is 14.9 Å². The highest BCUT2D eigenvalue weighted by Gasteiger charge is 2.04. The number of amides is 1. The minimum absolute atomic E-state index is 0.0339. The van der Waals surface area contributed by atoms with Gasteiger partial charge in [0.25, 0.3) is 5.69 Å². The summed E-state index contributed by atoms with van der Waals surface area (Å²) in [5.41, 5.74) is 0.989. The Kier molecular flexibility index (Phi) is 3.79. The van der Waals surface area contributed by atoms with Gasteiger partial charge in [0.15, 0.2) is 0 Å². The summed E-state index contributed by atoms with van der Waals surface area (Å²) in [5, 5.41) is 12.9. The molecule has 0 fully saturated rings. The van der Waals surface area contributed by atoms with Crippen molar-refractivity contribution in [3.8, 4) is 0 Å². The Hall–Kier alpha value is -1.91. The molecule has 0 saturated carbocycles. The van der Waals surface area contributed by atoms with Crippen LogP contribution in [0.5, 0.6) is 0 Å². The first-order valence-corrected chi connectivity index (χ1v) is 4.57. The predicted molar refractivity (Wildman–Crippen MR) is 55.5 cm³/mol. The fourth-order valence-corrected chi connectivity index (χ4v) is 1.17. The second-order valence-electron chi connectivity index (χ2n) is 3.10. The van der Waals surface area contributed by atoms with Gasteiger partial charge >= 0.3 is 0 Å². The average molecular weight is 208 g/mol. The molecule has 1 amide bonds. The monoisotopic (exact) mass is 208 g/mol. The van der Waals surface area contributed by atoms with Crippen molar-refractivity contribution >= 4 is 11.6 Å². The predicted octanol–water partition coefficient (Wildman–Crippen LogP) is 1.27. The first kappa shape index (κ1) is 11.2. The van der Waals surface area contributed by atoms with E-state index >= 15 is 0 Å². The van der Waals surface area contributed by atoms with Crippen LogP contribution < -0.4 is 5.32 Å². The second-order valence-corrected chi connectivity index (χ2v) is 3.10. The maximum absolute atomic E-state index is 10.9. The van der Waals surface area contributed by atoms with E-state index in [4.69, 9.17) is 0 Å². The number of carbonyl (C=O) groups is 1. The number of aryl methyl sites for hydroxylation is 1. The molecule has 0 aliphatic carbocycles. The van der Waals surface area contributed by atoms with Crippen LogP contribution in [0, 0.1) is 10.1 Å². The molecule has 0 saturated heterocycles. The Bertz CT molecular complexity index is 359. The van der Waals surface area contributed by atoms with E-state index in [9.17, 15) is 14.9 Å². The van der Waals surface area contributed by atoms with Crippen LogP contribution in [0.25, 0.3) is 0 Å². The summed E-state index contributed by atoms with van der Waals surface area (Å²) in [6, 6.07) is 6.22. The molecule has 0 spiro atoms. The highest BCUT2D eigenvalue weighted by molar-refractivity contribution is 5.75. The van der Waals surface area contributed by atoms with Gasteiger partial charge in [0.05, 0.1) is 4.92 Å². The third-order valence-electron chi connectivity index (χ3n) is 2.07. The molecule has 1 N–H and O–H groups in total. The normalized spacial score (nSPS) is 9.67. The Balaban J connectivity index is 2.57. The highest BCUT2D eigenvalue weighted by Crippen LogP contribution is 2.12. The topological polar surface area (TPSA) is 72.2 Å². The fraction of sp³-hybridized carbons (Fsp3) is 0.300. The zero-order valence-electron chi connectivity index (χ0n) is 8.40. The number of benzene rings is 1. The number of nitrogens with zero attached hydrogens (tertiary/aromatic N) is 1. The molecule has 0 aliphatic rings. The number of hydrogen-bond donors (Lipinski definition) is 1. The van der Waals surface area contributed by atoms with E-state index < -0.39 is 4.92 Å². The molecule has 5 heteroatoms. The number of rotatable bonds is 4. The quantitative estimate of drug-likeness (QED) is 0.598. The molecular weight excluding hydrogens is 196 g/mol. The van der Waals surface area contributed by atoms with Crippen LogP contribution in [-0.2, 0) is 11.2 Å². The standard InChI is InChI=1S/C10H12N2O3/c1-11-10(13)7-4-8-2-5-9(6-3-8)12(14)15/h2-3,5-6H,4,7H2,1H3,(H,11,13). The van der Waals surface area contributed by atoms with E-state index in [1.54, 1.807) is 19.2 Å². The van der Waals surface area contributed by atoms with Gasteiger partial charge < -0.3 is 5.32 Å². The van der Waals surface area contributed by atoms with E-state index in [0.29, 0.717) is 12.8 Å². The number of nitrogens with one attached hydrogen (secondary N) is 1. The van der Waals surface area contributed by atoms with Crippen molar-refractivity contribution in [1.82, 2.24) is 5.32 Å². The van der Waals surface area contributed by atoms with Crippen LogP contribution in [0.1, 0.15) is 12.0 Å². The number of hydrogen-bond acceptors (Lipinski definition) is 3. The highest BCUT2D eigenvalue weighted by atomic mass is 16.6. The molecule has 0 aromatic heterocycles. The molecule has 0 aliphatic heterocycles. The van der Waals surface area contributed by atoms with Crippen molar-refractivity contribution in [2.24, 2.45) is 0 Å². The number of carbonyl (C=O) groups excluding carboxylic acids is 1. The molecule has 15 heavy (non-hydrogen) atoms. The first-order chi connectivity index (χ1) is 7.13. The summed E-state index contributed by atoms with van der Waals surface area (Å²) in [6.07, 6.45) is 0.992. The Morgan fingerprint density at radius 2 is 2.00 bits per heavy atom. The average Bonchev–Trinajstić information content (AvgIpc) is 2.26. The summed E-state index contributed by atoms with van der Waals surface area (Å²) < 4.78 is 0. The lowest BCUT2D eigenvalue weighted by Gasteiger charge is -2.00. The van der Waals surface area contributed by atoms with E-state index in [0.717, 1.165) is 5.56 Å². The molecule has 0 unspecified atom stereocenters. The lowest BCUT2D eigenvalue weighted by molar-refractivity contribution is -0.384. The van der Waals surface area contributed by atoms with Crippen LogP contribution in [0.4, 0.5) is 5.69 Å². The van der Waals surface area contributed by atoms with Gasteiger partial charge in [-0.15, -0.1) is 0 Å². The largest absolute Gasteiger partial charge is 0.359 e. The molecule has 1 aromatic carbocycles. The van der Waals surface area contributed by atoms with Gasteiger partial charge in [0.2, 0.25) is 5.91 Å². The van der Waals surface area contributed by atoms with Gasteiger partial charge in [0.1, 0.15) is 0 Å². The lowest BCUT2D eigenvalue weighted by atomic mass is 10.1. The number of non-ortho nitro benzene ring substituents is 1. The molecule has 0 bridgehead atoms. The maximum Gasteiger partial charge on any atom is 0.269 e. The fourth-order valence-electron chi connectivity index (χ4n) is 1.17. The van der Waals surface area contributed by atoms with Crippen molar-refractivity contribution in [2.45, 2.75) is 12.8 Å². The SMILES string of the molecule is CNC(=O)CCc1ccc([N+](=O)[O-])cc1. The lowest BCUT2D eigenvalue weighted by Crippen LogP contribution is -2.17. The van der Waals surface area contributed by atoms with Crippen LogP contribution >= 0.6 is 0 Å². The van der Waals surface area contributed by atoms with E-state index in [-0.39, 0.29) is 11.6 Å². The molecule has 0 radical (unpaired) electrons. The summed E-state index contributed by atoms with van der Waals surface area (Å²) in [4.78, 5) is 20.9. The van der Waals surface area contributed by atoms with Crippen molar-refractivity contribution < 1.29 is 9.72 Å². The first-order valence-electron chi connectivity index (χ1n) is 4.57. The zero-order valence-corrected chi connectivity index (χ0v) is 8.40. The zero-order chi connectivity index (χ0) is 11.3. The third-order valence-corrected chi connectivity index (χ3v) is 2.07. The summed E-state index contributed by atoms with van der Waals surface area (Å²) in [6.45, 7) is 0. The van der Waals surface area contributed by atoms with Gasteiger partial charge in [-0.1, -0.05) is 12.1 Å². The molecule has 0 heterocycles. The summed E-state index contributed by atoms with van der Waals surface area (Å²) in [5.74, 6) is -0.0339. The molecule has 1 aromatic rings. The summed E-state index contributed by atoms with van der Waals surface area (Å²) in [7, 11) is 1.58. The van der Waals surface area contributed by atoms with Crippen LogP contribution in [0.2, 0.25) is 0 Å². The van der Waals surface area contributed by atoms with Crippen LogP contribution in [0.15, 0.2) is 24.3 Å². The minimum Gasteiger partial charge on any atom is -0.359 e. The van der Waals surface area contributed by atoms with Gasteiger partial charge in [-0.05, 0) is 12.0 Å². The van der Waals surface area contributed by atoms with Crippen molar-refractivity contribution in [3.05, 3.63) is 39.9 Å². The molecule has 0 atom stereocenters. The molecule has 5 nitrogen and oxygen atoms in total. The van der Waals surface area contributed by atoms with E-state index in [2.05, 4.69) is 5.32 Å². The molecule has 80 valence electrons. The van der Waals surface area contributed by atoms with Crippen LogP contribution in [-0.4, -0.2) is 17.9 Å². The third kappa shape index (κ3) is 3.38. The van der Waals surface area contributed by atoms with Crippen molar-refractivity contribution in [1.29, 1.82) is 0 Å². The van der Waals surface area contributed by atoms with E-state index in [1.807, 2.05) is 0 Å². The second kappa shape index (κ2) is 5.09. The molecular formula is C10H12N2O3. The van der Waals surface area contributed by atoms with Crippen molar-refractivity contribution in [2.75, 3.05) is 7.05 Å². The Labute approximate surface area is 87.3 Å². The molecule has 1 rings (SSSR count). The number of nitro benzene ring substituents is 1. The van der Waals surface area contributed by atoms with Crippen LogP contribution in [0.3, 0.4) is 0 Å². The van der Waals surface area contributed by atoms with E-state index in [1.165, 1.54) is 12.1 Å². The van der Waals surface area contributed by atoms with Gasteiger partial charge in [-0.25, -0.2) is 0 Å². The van der Waals surface area contributed by atoms with Gasteiger partial charge in [-0.2, -0.15) is 0 Å². The number of nitro groups is 1. The van der Waals surface area contributed by atoms with Crippen molar-refractivity contribution in [3.63, 3.8) is 0 Å². The maximum atomic E-state index is 10.9. The van der Waals surface area contributed by atoms with Gasteiger partial charge in [0, 0.05) is 25.6 Å². The Morgan fingerprint density at radius 1 is 1.40 bits per heavy atom. The minimum atomic E-state index is -0.442. The Morgan fingerprint density at radius 3 is 2.47 bits per heavy atom. The summed E-state index contributed by atoms with van der Waals surface area (Å²) >= 11 is 0. The smallest absolute Gasteiger partial charge is 0.269 e.